The van der Waals surface area contributed by atoms with Gasteiger partial charge in [-0.1, -0.05) is 18.2 Å². The Morgan fingerprint density at radius 2 is 1.94 bits per heavy atom. The first-order valence-corrected chi connectivity index (χ1v) is 5.31. The van der Waals surface area contributed by atoms with Gasteiger partial charge in [-0.25, -0.2) is 0 Å². The van der Waals surface area contributed by atoms with Crippen LogP contribution in [0.1, 0.15) is 28.4 Å². The Bertz CT molecular complexity index is 502. The molecule has 1 atom stereocenters. The van der Waals surface area contributed by atoms with Gasteiger partial charge >= 0.3 is 0 Å². The van der Waals surface area contributed by atoms with Crippen LogP contribution in [0, 0.1) is 13.8 Å². The molecule has 84 valence electrons. The second-order valence-electron chi connectivity index (χ2n) is 4.19. The van der Waals surface area contributed by atoms with Crippen LogP contribution in [-0.4, -0.2) is 14.9 Å². The van der Waals surface area contributed by atoms with Crippen LogP contribution >= 0.6 is 0 Å². The molecule has 0 spiro atoms. The maximum atomic E-state index is 10.2. The van der Waals surface area contributed by atoms with Crippen molar-refractivity contribution in [2.75, 3.05) is 0 Å². The number of aliphatic hydroxyl groups is 1. The molecule has 3 nitrogen and oxygen atoms in total. The van der Waals surface area contributed by atoms with Crippen molar-refractivity contribution >= 4 is 0 Å². The number of aliphatic hydroxyl groups excluding tert-OH is 1. The molecular formula is C13H16N2O. The van der Waals surface area contributed by atoms with Gasteiger partial charge in [-0.05, 0) is 30.5 Å². The van der Waals surface area contributed by atoms with Crippen molar-refractivity contribution in [2.24, 2.45) is 7.05 Å². The largest absolute Gasteiger partial charge is 0.384 e. The van der Waals surface area contributed by atoms with Crippen LogP contribution in [-0.2, 0) is 7.05 Å². The Hall–Kier alpha value is -1.61. The summed E-state index contributed by atoms with van der Waals surface area (Å²) in [6, 6.07) is 6.01. The molecule has 2 aromatic rings. The van der Waals surface area contributed by atoms with Crippen LogP contribution in [0.5, 0.6) is 0 Å². The molecule has 0 saturated carbocycles. The summed E-state index contributed by atoms with van der Waals surface area (Å²) in [5, 5.41) is 14.2. The Balaban J connectivity index is 2.33. The molecule has 1 aromatic carbocycles. The van der Waals surface area contributed by atoms with Gasteiger partial charge in [-0.2, -0.15) is 5.10 Å². The van der Waals surface area contributed by atoms with Gasteiger partial charge in [0.25, 0.3) is 0 Å². The van der Waals surface area contributed by atoms with Crippen molar-refractivity contribution in [1.82, 2.24) is 9.78 Å². The number of nitrogens with zero attached hydrogens (tertiary/aromatic N) is 2. The van der Waals surface area contributed by atoms with Gasteiger partial charge in [0.15, 0.2) is 0 Å². The molecule has 0 radical (unpaired) electrons. The number of aromatic nitrogens is 2. The molecule has 1 aromatic heterocycles. The van der Waals surface area contributed by atoms with E-state index in [4.69, 9.17) is 0 Å². The van der Waals surface area contributed by atoms with Crippen molar-refractivity contribution in [3.8, 4) is 0 Å². The second kappa shape index (κ2) is 4.10. The summed E-state index contributed by atoms with van der Waals surface area (Å²) in [5.41, 5.74) is 4.17. The van der Waals surface area contributed by atoms with Crippen LogP contribution in [0.15, 0.2) is 30.6 Å². The summed E-state index contributed by atoms with van der Waals surface area (Å²) in [6.45, 7) is 4.12. The summed E-state index contributed by atoms with van der Waals surface area (Å²) in [5.74, 6) is 0. The first kappa shape index (κ1) is 10.9. The van der Waals surface area contributed by atoms with E-state index in [0.717, 1.165) is 11.1 Å². The van der Waals surface area contributed by atoms with Gasteiger partial charge in [0.1, 0.15) is 6.10 Å². The standard InChI is InChI=1S/C13H16N2O/c1-9-4-5-11(6-10(9)2)13(16)12-7-14-15(3)8-12/h4-8,13,16H,1-3H3. The van der Waals surface area contributed by atoms with E-state index in [-0.39, 0.29) is 0 Å². The van der Waals surface area contributed by atoms with Gasteiger partial charge in [0, 0.05) is 18.8 Å². The lowest BCUT2D eigenvalue weighted by Gasteiger charge is -2.10. The monoisotopic (exact) mass is 216 g/mol. The van der Waals surface area contributed by atoms with E-state index >= 15 is 0 Å². The van der Waals surface area contributed by atoms with E-state index in [0.29, 0.717) is 0 Å². The van der Waals surface area contributed by atoms with Crippen LogP contribution in [0.2, 0.25) is 0 Å². The number of hydrogen-bond donors (Lipinski definition) is 1. The average molecular weight is 216 g/mol. The van der Waals surface area contributed by atoms with E-state index in [1.165, 1.54) is 11.1 Å². The predicted octanol–water partition coefficient (Wildman–Crippen LogP) is 2.12. The lowest BCUT2D eigenvalue weighted by Crippen LogP contribution is -1.99. The Labute approximate surface area is 95.3 Å². The molecule has 0 aliphatic carbocycles. The van der Waals surface area contributed by atoms with Gasteiger partial charge in [0.2, 0.25) is 0 Å². The molecule has 1 unspecified atom stereocenters. The highest BCUT2D eigenvalue weighted by atomic mass is 16.3. The van der Waals surface area contributed by atoms with E-state index in [1.54, 1.807) is 10.9 Å². The fraction of sp³-hybridized carbons (Fsp3) is 0.308. The van der Waals surface area contributed by atoms with E-state index in [9.17, 15) is 5.11 Å². The second-order valence-corrected chi connectivity index (χ2v) is 4.19. The van der Waals surface area contributed by atoms with Crippen LogP contribution in [0.25, 0.3) is 0 Å². The van der Waals surface area contributed by atoms with E-state index < -0.39 is 6.10 Å². The van der Waals surface area contributed by atoms with E-state index in [1.807, 2.05) is 31.4 Å². The van der Waals surface area contributed by atoms with Crippen molar-refractivity contribution in [3.05, 3.63) is 52.8 Å². The molecular weight excluding hydrogens is 200 g/mol. The fourth-order valence-electron chi connectivity index (χ4n) is 1.71. The lowest BCUT2D eigenvalue weighted by atomic mass is 10.00. The molecule has 1 heterocycles. The summed E-state index contributed by atoms with van der Waals surface area (Å²) in [6.07, 6.45) is 2.94. The molecule has 0 fully saturated rings. The zero-order valence-corrected chi connectivity index (χ0v) is 9.81. The van der Waals surface area contributed by atoms with Gasteiger partial charge in [-0.15, -0.1) is 0 Å². The Morgan fingerprint density at radius 1 is 1.19 bits per heavy atom. The highest BCUT2D eigenvalue weighted by molar-refractivity contribution is 5.34. The van der Waals surface area contributed by atoms with Crippen molar-refractivity contribution in [1.29, 1.82) is 0 Å². The molecule has 0 amide bonds. The molecule has 0 aliphatic heterocycles. The number of rotatable bonds is 2. The zero-order chi connectivity index (χ0) is 11.7. The smallest absolute Gasteiger partial charge is 0.107 e. The summed E-state index contributed by atoms with van der Waals surface area (Å²) < 4.78 is 1.69. The normalized spacial score (nSPS) is 12.8. The van der Waals surface area contributed by atoms with Gasteiger partial charge in [-0.3, -0.25) is 4.68 Å². The van der Waals surface area contributed by atoms with Crippen LogP contribution in [0.3, 0.4) is 0 Å². The molecule has 1 N–H and O–H groups in total. The summed E-state index contributed by atoms with van der Waals surface area (Å²) in [4.78, 5) is 0. The Kier molecular flexibility index (Phi) is 2.79. The molecule has 0 bridgehead atoms. The van der Waals surface area contributed by atoms with Crippen LogP contribution in [0.4, 0.5) is 0 Å². The number of aryl methyl sites for hydroxylation is 3. The molecule has 0 saturated heterocycles. The SMILES string of the molecule is Cc1ccc(C(O)c2cnn(C)c2)cc1C. The highest BCUT2D eigenvalue weighted by Gasteiger charge is 2.12. The van der Waals surface area contributed by atoms with Crippen LogP contribution < -0.4 is 0 Å². The van der Waals surface area contributed by atoms with E-state index in [2.05, 4.69) is 18.9 Å². The lowest BCUT2D eigenvalue weighted by molar-refractivity contribution is 0.220. The average Bonchev–Trinajstić information content (AvgIpc) is 2.68. The minimum absolute atomic E-state index is 0.590. The van der Waals surface area contributed by atoms with Gasteiger partial charge in [0.05, 0.1) is 6.20 Å². The van der Waals surface area contributed by atoms with Gasteiger partial charge < -0.3 is 5.11 Å². The van der Waals surface area contributed by atoms with Crippen molar-refractivity contribution in [3.63, 3.8) is 0 Å². The zero-order valence-electron chi connectivity index (χ0n) is 9.81. The molecule has 2 rings (SSSR count). The topological polar surface area (TPSA) is 38.1 Å². The summed E-state index contributed by atoms with van der Waals surface area (Å²) in [7, 11) is 1.84. The maximum absolute atomic E-state index is 10.2. The Morgan fingerprint density at radius 3 is 2.50 bits per heavy atom. The highest BCUT2D eigenvalue weighted by Crippen LogP contribution is 2.23. The first-order valence-electron chi connectivity index (χ1n) is 5.31. The minimum Gasteiger partial charge on any atom is -0.384 e. The molecule has 0 aliphatic rings. The van der Waals surface area contributed by atoms with Crippen molar-refractivity contribution < 1.29 is 5.11 Å². The maximum Gasteiger partial charge on any atom is 0.107 e. The molecule has 16 heavy (non-hydrogen) atoms. The third-order valence-corrected chi connectivity index (χ3v) is 2.89. The number of benzene rings is 1. The summed E-state index contributed by atoms with van der Waals surface area (Å²) >= 11 is 0. The third-order valence-electron chi connectivity index (χ3n) is 2.89. The minimum atomic E-state index is -0.590. The quantitative estimate of drug-likeness (QED) is 0.835. The molecule has 3 heteroatoms. The number of hydrogen-bond acceptors (Lipinski definition) is 2. The fourth-order valence-corrected chi connectivity index (χ4v) is 1.71. The first-order chi connectivity index (χ1) is 7.58. The third kappa shape index (κ3) is 1.99. The predicted molar refractivity (Wildman–Crippen MR) is 63.2 cm³/mol. The van der Waals surface area contributed by atoms with Crippen molar-refractivity contribution in [2.45, 2.75) is 20.0 Å².